The van der Waals surface area contributed by atoms with E-state index in [9.17, 15) is 48.7 Å². The number of carbonyl (C=O) groups is 1. The Labute approximate surface area is 218 Å². The Balaban J connectivity index is 1.58. The highest BCUT2D eigenvalue weighted by molar-refractivity contribution is 6.30. The average molecular weight is 591 g/mol. The number of aryl methyl sites for hydroxylation is 1. The van der Waals surface area contributed by atoms with E-state index in [-0.39, 0.29) is 41.7 Å². The van der Waals surface area contributed by atoms with Gasteiger partial charge in [0.25, 0.3) is 11.5 Å². The number of halogens is 11. The van der Waals surface area contributed by atoms with Crippen LogP contribution >= 0.6 is 11.6 Å². The topological polar surface area (TPSA) is 50.7 Å². The largest absolute Gasteiger partial charge is 0.435 e. The Bertz CT molecular complexity index is 1330. The van der Waals surface area contributed by atoms with Crippen molar-refractivity contribution < 1.29 is 53.5 Å². The number of benzene rings is 2. The molecule has 39 heavy (non-hydrogen) atoms. The molecular formula is C24H17ClF10N2O2. The first-order chi connectivity index (χ1) is 17.8. The predicted octanol–water partition coefficient (Wildman–Crippen LogP) is 7.46. The predicted molar refractivity (Wildman–Crippen MR) is 118 cm³/mol. The molecule has 1 N–H and O–H groups in total. The van der Waals surface area contributed by atoms with Gasteiger partial charge >= 0.3 is 18.5 Å². The van der Waals surface area contributed by atoms with Gasteiger partial charge in [0.1, 0.15) is 5.82 Å². The summed E-state index contributed by atoms with van der Waals surface area (Å²) in [6.45, 7) is 1.41. The van der Waals surface area contributed by atoms with Gasteiger partial charge in [0.15, 0.2) is 0 Å². The molecule has 2 aromatic carbocycles. The number of nitrogens with zero attached hydrogens (tertiary/aromatic N) is 1. The fourth-order valence-corrected chi connectivity index (χ4v) is 4.67. The molecule has 1 aliphatic heterocycles. The minimum absolute atomic E-state index is 0.00515. The van der Waals surface area contributed by atoms with Crippen molar-refractivity contribution in [1.29, 1.82) is 0 Å². The zero-order valence-electron chi connectivity index (χ0n) is 19.6. The summed E-state index contributed by atoms with van der Waals surface area (Å²) in [6.07, 6.45) is -16.7. The Morgan fingerprint density at radius 2 is 1.69 bits per heavy atom. The second kappa shape index (κ2) is 9.56. The van der Waals surface area contributed by atoms with Crippen LogP contribution in [0.1, 0.15) is 51.9 Å². The minimum atomic E-state index is -5.43. The monoisotopic (exact) mass is 590 g/mol. The van der Waals surface area contributed by atoms with Crippen molar-refractivity contribution >= 4 is 23.2 Å². The van der Waals surface area contributed by atoms with Gasteiger partial charge < -0.3 is 10.2 Å². The van der Waals surface area contributed by atoms with Gasteiger partial charge in [-0.25, -0.2) is 4.39 Å². The van der Waals surface area contributed by atoms with Crippen LogP contribution in [0.4, 0.5) is 43.9 Å². The zero-order chi connectivity index (χ0) is 29.1. The molecule has 0 bridgehead atoms. The lowest BCUT2D eigenvalue weighted by molar-refractivity contribution is -0.276. The third-order valence-corrected chi connectivity index (χ3v) is 6.99. The summed E-state index contributed by atoms with van der Waals surface area (Å²) in [6, 6.07) is 3.07. The van der Waals surface area contributed by atoms with Crippen LogP contribution in [0.3, 0.4) is 0 Å². The van der Waals surface area contributed by atoms with Gasteiger partial charge in [-0.2, -0.15) is 39.5 Å². The van der Waals surface area contributed by atoms with Crippen LogP contribution in [0, 0.1) is 18.7 Å². The number of hydrogen-bond acceptors (Lipinski definition) is 3. The van der Waals surface area contributed by atoms with Gasteiger partial charge in [0.2, 0.25) is 0 Å². The van der Waals surface area contributed by atoms with E-state index in [1.54, 1.807) is 0 Å². The van der Waals surface area contributed by atoms with E-state index in [4.69, 9.17) is 11.6 Å². The van der Waals surface area contributed by atoms with Crippen molar-refractivity contribution in [1.82, 2.24) is 5.32 Å². The number of carbonyl (C=O) groups excluding carboxylic acids is 1. The fraction of sp³-hybridized carbons (Fsp3) is 0.417. The van der Waals surface area contributed by atoms with Crippen molar-refractivity contribution in [3.8, 4) is 0 Å². The first-order valence-corrected chi connectivity index (χ1v) is 11.6. The smallest absolute Gasteiger partial charge is 0.374 e. The standard InChI is InChI=1S/C24H17ClF10N2O2/c1-10-4-11(2-3-15(10)20(38)36-14-5-12(6-14)22(27,28)29)18-9-21(39-37-18,24(33,34)35)16-7-13(23(30,31)32)8-17(25)19(16)26/h2-4,7-8,12,14H,5-6,9H2,1H3,(H,36,38)/t12-,14+,21-/m0/s1. The highest BCUT2D eigenvalue weighted by atomic mass is 35.5. The van der Waals surface area contributed by atoms with Crippen LogP contribution in [0.15, 0.2) is 35.5 Å². The van der Waals surface area contributed by atoms with E-state index in [1.807, 2.05) is 0 Å². The molecule has 15 heteroatoms. The summed E-state index contributed by atoms with van der Waals surface area (Å²) >= 11 is 5.49. The van der Waals surface area contributed by atoms with Gasteiger partial charge in [-0.3, -0.25) is 4.79 Å². The number of nitrogens with one attached hydrogen (secondary N) is 1. The number of rotatable bonds is 4. The third kappa shape index (κ3) is 5.39. The summed E-state index contributed by atoms with van der Waals surface area (Å²) in [7, 11) is 0. The molecule has 1 fully saturated rings. The van der Waals surface area contributed by atoms with Gasteiger partial charge in [0, 0.05) is 17.2 Å². The maximum atomic E-state index is 14.7. The maximum Gasteiger partial charge on any atom is 0.435 e. The van der Waals surface area contributed by atoms with Crippen molar-refractivity contribution in [3.63, 3.8) is 0 Å². The molecule has 1 saturated carbocycles. The lowest BCUT2D eigenvalue weighted by atomic mass is 9.79. The van der Waals surface area contributed by atoms with Crippen LogP contribution in [0.2, 0.25) is 5.02 Å². The van der Waals surface area contributed by atoms with Gasteiger partial charge in [-0.15, -0.1) is 0 Å². The molecule has 4 rings (SSSR count). The first kappa shape index (κ1) is 29.0. The Morgan fingerprint density at radius 3 is 2.23 bits per heavy atom. The van der Waals surface area contributed by atoms with Gasteiger partial charge in [-0.1, -0.05) is 22.8 Å². The zero-order valence-corrected chi connectivity index (χ0v) is 20.3. The molecule has 212 valence electrons. The fourth-order valence-electron chi connectivity index (χ4n) is 4.45. The molecule has 0 unspecified atom stereocenters. The first-order valence-electron chi connectivity index (χ1n) is 11.2. The van der Waals surface area contributed by atoms with Gasteiger partial charge in [-0.05, 0) is 55.2 Å². The Kier molecular flexibility index (Phi) is 7.10. The Morgan fingerprint density at radius 1 is 1.05 bits per heavy atom. The van der Waals surface area contributed by atoms with E-state index in [2.05, 4.69) is 15.3 Å². The summed E-state index contributed by atoms with van der Waals surface area (Å²) in [5.41, 5.74) is -6.90. The summed E-state index contributed by atoms with van der Waals surface area (Å²) < 4.78 is 135. The SMILES string of the molecule is Cc1cc(C2=NO[C@@](c3cc(C(F)(F)F)cc(Cl)c3F)(C(F)(F)F)C2)ccc1C(=O)N[C@H]1C[C@@H](C(F)(F)F)C1. The molecule has 0 saturated heterocycles. The van der Waals surface area contributed by atoms with E-state index in [1.165, 1.54) is 25.1 Å². The van der Waals surface area contributed by atoms with E-state index in [0.29, 0.717) is 0 Å². The third-order valence-electron chi connectivity index (χ3n) is 6.72. The van der Waals surface area contributed by atoms with Crippen molar-refractivity contribution in [3.05, 3.63) is 69.0 Å². The highest BCUT2D eigenvalue weighted by Crippen LogP contribution is 2.51. The van der Waals surface area contributed by atoms with Crippen LogP contribution < -0.4 is 5.32 Å². The molecule has 2 aromatic rings. The quantitative estimate of drug-likeness (QED) is 0.376. The molecular weight excluding hydrogens is 574 g/mol. The molecule has 0 spiro atoms. The minimum Gasteiger partial charge on any atom is -0.374 e. The molecule has 1 atom stereocenters. The highest BCUT2D eigenvalue weighted by Gasteiger charge is 2.64. The second-order valence-corrected chi connectivity index (χ2v) is 9.77. The van der Waals surface area contributed by atoms with Crippen LogP contribution in [0.5, 0.6) is 0 Å². The second-order valence-electron chi connectivity index (χ2n) is 9.36. The lowest BCUT2D eigenvalue weighted by Gasteiger charge is -2.36. The van der Waals surface area contributed by atoms with Crippen molar-refractivity contribution in [2.75, 3.05) is 0 Å². The molecule has 1 aliphatic carbocycles. The van der Waals surface area contributed by atoms with E-state index in [0.717, 1.165) is 0 Å². The molecule has 0 radical (unpaired) electrons. The molecule has 0 aromatic heterocycles. The van der Waals surface area contributed by atoms with Crippen molar-refractivity contribution in [2.45, 2.75) is 56.4 Å². The Hall–Kier alpha value is -3.03. The normalized spacial score (nSPS) is 23.6. The van der Waals surface area contributed by atoms with Crippen molar-refractivity contribution in [2.24, 2.45) is 11.1 Å². The van der Waals surface area contributed by atoms with Crippen LogP contribution in [-0.4, -0.2) is 30.0 Å². The molecule has 4 nitrogen and oxygen atoms in total. The number of amides is 1. The summed E-state index contributed by atoms with van der Waals surface area (Å²) in [5, 5.41) is 4.65. The van der Waals surface area contributed by atoms with Crippen LogP contribution in [-0.2, 0) is 16.6 Å². The summed E-state index contributed by atoms with van der Waals surface area (Å²) in [4.78, 5) is 17.1. The molecule has 2 aliphatic rings. The number of hydrogen-bond donors (Lipinski definition) is 1. The van der Waals surface area contributed by atoms with Crippen LogP contribution in [0.25, 0.3) is 0 Å². The van der Waals surface area contributed by atoms with E-state index >= 15 is 0 Å². The summed E-state index contributed by atoms with van der Waals surface area (Å²) in [5.74, 6) is -3.97. The number of oxime groups is 1. The number of alkyl halides is 9. The average Bonchev–Trinajstić information content (AvgIpc) is 3.22. The molecule has 1 heterocycles. The maximum absolute atomic E-state index is 14.7. The van der Waals surface area contributed by atoms with Gasteiger partial charge in [0.05, 0.1) is 28.6 Å². The lowest BCUT2D eigenvalue weighted by Crippen LogP contribution is -2.49. The molecule has 1 amide bonds. The van der Waals surface area contributed by atoms with E-state index < -0.39 is 76.1 Å².